The number of benzene rings is 1. The molecular weight excluding hydrogens is 332 g/mol. The topological polar surface area (TPSA) is 107 Å². The highest BCUT2D eigenvalue weighted by molar-refractivity contribution is 6.29. The molecule has 7 nitrogen and oxygen atoms in total. The second-order valence-corrected chi connectivity index (χ2v) is 5.65. The predicted octanol–water partition coefficient (Wildman–Crippen LogP) is 1.50. The average Bonchev–Trinajstić information content (AvgIpc) is 2.82. The number of nitrogens with two attached hydrogens (primary N) is 1. The molecule has 0 saturated carbocycles. The first kappa shape index (κ1) is 14.4. The number of nitrogens with one attached hydrogen (secondary N) is 1. The van der Waals surface area contributed by atoms with Gasteiger partial charge >= 0.3 is 0 Å². The first-order valence-electron chi connectivity index (χ1n) is 6.94. The lowest BCUT2D eigenvalue weighted by molar-refractivity contribution is 0.0880. The first-order chi connectivity index (χ1) is 11.5. The number of para-hydroxylation sites is 1. The van der Waals surface area contributed by atoms with Gasteiger partial charge in [0.1, 0.15) is 11.0 Å². The normalized spacial score (nSPS) is 13.2. The number of rotatable bonds is 1. The van der Waals surface area contributed by atoms with E-state index in [0.29, 0.717) is 11.2 Å². The van der Waals surface area contributed by atoms with Gasteiger partial charge in [-0.2, -0.15) is 0 Å². The molecule has 1 aliphatic heterocycles. The molecule has 0 aliphatic carbocycles. The van der Waals surface area contributed by atoms with E-state index in [9.17, 15) is 14.4 Å². The van der Waals surface area contributed by atoms with Crippen molar-refractivity contribution in [1.82, 2.24) is 14.9 Å². The van der Waals surface area contributed by atoms with E-state index < -0.39 is 17.4 Å². The van der Waals surface area contributed by atoms with Gasteiger partial charge in [0.05, 0.1) is 22.3 Å². The fraction of sp³-hybridized carbons (Fsp3) is 0. The molecule has 0 unspecified atom stereocenters. The Morgan fingerprint density at radius 1 is 1.08 bits per heavy atom. The minimum absolute atomic E-state index is 0.0152. The monoisotopic (exact) mass is 340 g/mol. The highest BCUT2D eigenvalue weighted by Crippen LogP contribution is 2.27. The molecular formula is C16H9ClN4O3. The second-order valence-electron chi connectivity index (χ2n) is 5.26. The van der Waals surface area contributed by atoms with E-state index in [4.69, 9.17) is 17.3 Å². The zero-order valence-corrected chi connectivity index (χ0v) is 12.8. The molecule has 24 heavy (non-hydrogen) atoms. The molecule has 2 aromatic heterocycles. The molecule has 1 aromatic carbocycles. The molecule has 1 aliphatic rings. The van der Waals surface area contributed by atoms with Crippen LogP contribution in [0.3, 0.4) is 0 Å². The van der Waals surface area contributed by atoms with E-state index in [-0.39, 0.29) is 22.1 Å². The van der Waals surface area contributed by atoms with Crippen LogP contribution in [0.5, 0.6) is 0 Å². The molecule has 3 N–H and O–H groups in total. The van der Waals surface area contributed by atoms with E-state index in [1.165, 1.54) is 0 Å². The maximum absolute atomic E-state index is 12.5. The van der Waals surface area contributed by atoms with Crippen LogP contribution in [-0.4, -0.2) is 21.4 Å². The molecule has 0 radical (unpaired) electrons. The van der Waals surface area contributed by atoms with Crippen LogP contribution in [0, 0.1) is 0 Å². The third-order valence-electron chi connectivity index (χ3n) is 3.86. The van der Waals surface area contributed by atoms with Crippen LogP contribution in [0.4, 0.5) is 5.82 Å². The Hall–Kier alpha value is -3.19. The van der Waals surface area contributed by atoms with E-state index in [1.807, 2.05) is 6.07 Å². The van der Waals surface area contributed by atoms with Crippen LogP contribution in [0.2, 0.25) is 5.15 Å². The smallest absolute Gasteiger partial charge is 0.262 e. The van der Waals surface area contributed by atoms with E-state index in [1.54, 1.807) is 24.3 Å². The molecule has 0 fully saturated rings. The number of anilines is 1. The Labute approximate surface area is 139 Å². The summed E-state index contributed by atoms with van der Waals surface area (Å²) in [5.74, 6) is -1.38. The van der Waals surface area contributed by atoms with Crippen LogP contribution in [0.1, 0.15) is 20.7 Å². The maximum atomic E-state index is 12.5. The third kappa shape index (κ3) is 1.92. The van der Waals surface area contributed by atoms with Gasteiger partial charge in [0.25, 0.3) is 17.4 Å². The number of halogens is 1. The Morgan fingerprint density at radius 3 is 2.67 bits per heavy atom. The quantitative estimate of drug-likeness (QED) is 0.515. The van der Waals surface area contributed by atoms with Crippen molar-refractivity contribution in [3.8, 4) is 5.69 Å². The molecule has 0 atom stereocenters. The minimum Gasteiger partial charge on any atom is -0.384 e. The number of carbonyl (C=O) groups is 2. The Morgan fingerprint density at radius 2 is 1.88 bits per heavy atom. The van der Waals surface area contributed by atoms with Gasteiger partial charge in [-0.3, -0.25) is 24.3 Å². The first-order valence-corrected chi connectivity index (χ1v) is 7.32. The predicted molar refractivity (Wildman–Crippen MR) is 88.6 cm³/mol. The number of fused-ring (bicyclic) bond motifs is 2. The van der Waals surface area contributed by atoms with Crippen molar-refractivity contribution in [2.24, 2.45) is 0 Å². The van der Waals surface area contributed by atoms with Crippen molar-refractivity contribution < 1.29 is 9.59 Å². The second kappa shape index (κ2) is 4.90. The fourth-order valence-corrected chi connectivity index (χ4v) is 2.96. The van der Waals surface area contributed by atoms with E-state index >= 15 is 0 Å². The number of nitrogen functional groups attached to an aromatic ring is 1. The van der Waals surface area contributed by atoms with Crippen molar-refractivity contribution >= 4 is 40.1 Å². The summed E-state index contributed by atoms with van der Waals surface area (Å²) < 4.78 is 1.16. The van der Waals surface area contributed by atoms with Gasteiger partial charge in [0.2, 0.25) is 0 Å². The van der Waals surface area contributed by atoms with Gasteiger partial charge in [0.15, 0.2) is 0 Å². The number of amides is 2. The molecule has 0 spiro atoms. The zero-order chi connectivity index (χ0) is 17.0. The van der Waals surface area contributed by atoms with Gasteiger partial charge in [-0.25, -0.2) is 4.98 Å². The van der Waals surface area contributed by atoms with Gasteiger partial charge in [-0.05, 0) is 18.2 Å². The van der Waals surface area contributed by atoms with E-state index in [2.05, 4.69) is 10.3 Å². The molecule has 3 aromatic rings. The lowest BCUT2D eigenvalue weighted by Crippen LogP contribution is -2.24. The lowest BCUT2D eigenvalue weighted by Gasteiger charge is -2.13. The Kier molecular flexibility index (Phi) is 2.94. The molecule has 0 bridgehead atoms. The van der Waals surface area contributed by atoms with Gasteiger partial charge < -0.3 is 5.73 Å². The molecule has 3 heterocycles. The summed E-state index contributed by atoms with van der Waals surface area (Å²) in [6.07, 6.45) is 0. The van der Waals surface area contributed by atoms with Crippen LogP contribution >= 0.6 is 11.6 Å². The van der Waals surface area contributed by atoms with Crippen molar-refractivity contribution in [3.05, 3.63) is 63.0 Å². The molecule has 8 heteroatoms. The molecule has 118 valence electrons. The zero-order valence-electron chi connectivity index (χ0n) is 12.0. The van der Waals surface area contributed by atoms with Crippen molar-refractivity contribution in [2.45, 2.75) is 0 Å². The Balaban J connectivity index is 2.11. The van der Waals surface area contributed by atoms with Gasteiger partial charge in [0, 0.05) is 11.5 Å². The van der Waals surface area contributed by atoms with Crippen molar-refractivity contribution in [3.63, 3.8) is 0 Å². The minimum atomic E-state index is -0.634. The number of hydrogen-bond acceptors (Lipinski definition) is 5. The maximum Gasteiger partial charge on any atom is 0.262 e. The van der Waals surface area contributed by atoms with Crippen LogP contribution < -0.4 is 16.6 Å². The number of nitrogens with zero attached hydrogens (tertiary/aromatic N) is 2. The number of pyridine rings is 2. The van der Waals surface area contributed by atoms with E-state index in [0.717, 1.165) is 16.0 Å². The third-order valence-corrected chi connectivity index (χ3v) is 4.07. The largest absolute Gasteiger partial charge is 0.384 e. The highest BCUT2D eigenvalue weighted by atomic mass is 35.5. The number of imide groups is 1. The standard InChI is InChI=1S/C16H9ClN4O3/c17-10-5-4-7-2-1-3-9(13(7)19-10)21-11(22)6-8-12(14(21)18)16(24)20-15(8)23/h1-6H,18H2,(H,20,23,24). The molecule has 2 amide bonds. The summed E-state index contributed by atoms with van der Waals surface area (Å²) in [5.41, 5.74) is 6.31. The number of aromatic nitrogens is 2. The molecule has 0 saturated heterocycles. The van der Waals surface area contributed by atoms with Crippen LogP contribution in [0.15, 0.2) is 41.2 Å². The highest BCUT2D eigenvalue weighted by Gasteiger charge is 2.32. The summed E-state index contributed by atoms with van der Waals surface area (Å²) in [5, 5.41) is 3.14. The Bertz CT molecular complexity index is 1120. The number of hydrogen-bond donors (Lipinski definition) is 2. The summed E-state index contributed by atoms with van der Waals surface area (Å²) in [7, 11) is 0. The lowest BCUT2D eigenvalue weighted by atomic mass is 10.1. The summed E-state index contributed by atoms with van der Waals surface area (Å²) in [4.78, 5) is 40.4. The summed E-state index contributed by atoms with van der Waals surface area (Å²) in [6, 6.07) is 9.68. The van der Waals surface area contributed by atoms with Crippen molar-refractivity contribution in [2.75, 3.05) is 5.73 Å². The average molecular weight is 341 g/mol. The van der Waals surface area contributed by atoms with Crippen LogP contribution in [-0.2, 0) is 0 Å². The SMILES string of the molecule is Nc1c2c(cc(=O)n1-c1cccc3ccc(Cl)nc13)C(=O)NC2=O. The fourth-order valence-electron chi connectivity index (χ4n) is 2.82. The number of carbonyl (C=O) groups excluding carboxylic acids is 2. The van der Waals surface area contributed by atoms with Crippen molar-refractivity contribution in [1.29, 1.82) is 0 Å². The summed E-state index contributed by atoms with van der Waals surface area (Å²) >= 11 is 5.96. The summed E-state index contributed by atoms with van der Waals surface area (Å²) in [6.45, 7) is 0. The molecule has 4 rings (SSSR count). The van der Waals surface area contributed by atoms with Gasteiger partial charge in [-0.15, -0.1) is 0 Å². The van der Waals surface area contributed by atoms with Crippen LogP contribution in [0.25, 0.3) is 16.6 Å². The van der Waals surface area contributed by atoms with Gasteiger partial charge in [-0.1, -0.05) is 23.7 Å².